The molecule has 40 valence electrons. The fraction of sp³-hybridized carbons (Fsp3) is 0. The van der Waals surface area contributed by atoms with E-state index in [1.165, 1.54) is 0 Å². The van der Waals surface area contributed by atoms with Gasteiger partial charge in [0.25, 0.3) is 9.05 Å². The summed E-state index contributed by atoms with van der Waals surface area (Å²) in [5.41, 5.74) is 0. The first-order valence-corrected chi connectivity index (χ1v) is 3.10. The Hall–Kier alpha value is 2.66. The van der Waals surface area contributed by atoms with Gasteiger partial charge in [0.2, 0.25) is 0 Å². The maximum Gasteiger partial charge on any atom is 1.00 e. The Morgan fingerprint density at radius 3 is 1.43 bits per heavy atom. The molecule has 0 spiro atoms. The fourth-order valence-corrected chi connectivity index (χ4v) is 0. The van der Waals surface area contributed by atoms with Crippen LogP contribution in [0.15, 0.2) is 0 Å². The third-order valence-corrected chi connectivity index (χ3v) is 0. The quantitative estimate of drug-likeness (QED) is 0.342. The van der Waals surface area contributed by atoms with Crippen LogP contribution in [0.1, 0.15) is 0 Å². The minimum Gasteiger partial charge on any atom is -1.00 e. The molecule has 0 fully saturated rings. The van der Waals surface area contributed by atoms with Gasteiger partial charge < -0.3 is 24.0 Å². The largest absolute Gasteiger partial charge is 1.00 e. The monoisotopic (exact) mass is 280 g/mol. The molecule has 0 aromatic carbocycles. The molecule has 7 heteroatoms. The summed E-state index contributed by atoms with van der Waals surface area (Å²) in [5, 5.41) is 0. The predicted molar refractivity (Wildman–Crippen MR) is 20.8 cm³/mol. The van der Waals surface area contributed by atoms with Crippen molar-refractivity contribution in [2.45, 2.75) is 0 Å². The molecular formula is H2IKO3S2. The molecule has 0 aromatic rings. The average molecular weight is 280 g/mol. The zero-order valence-corrected chi connectivity index (χ0v) is 10.4. The zero-order valence-electron chi connectivity index (χ0n) is 3.50. The molecule has 0 saturated heterocycles. The van der Waals surface area contributed by atoms with Crippen molar-refractivity contribution in [2.75, 3.05) is 0 Å². The fourth-order valence-electron chi connectivity index (χ4n) is 0. The van der Waals surface area contributed by atoms with Crippen LogP contribution in [0, 0.1) is 0 Å². The standard InChI is InChI=1S/HI.K.H2O3S2/c;;1-5(2,3)4/h1H;;(H2,1,2,3,4)/q;+1;/p-1. The Labute approximate surface area is 106 Å². The van der Waals surface area contributed by atoms with Gasteiger partial charge in [0.1, 0.15) is 0 Å². The summed E-state index contributed by atoms with van der Waals surface area (Å²) in [7, 11) is -3.83. The van der Waals surface area contributed by atoms with Crippen molar-refractivity contribution in [1.82, 2.24) is 0 Å². The van der Waals surface area contributed by atoms with Crippen molar-refractivity contribution in [3.8, 4) is 0 Å². The molecule has 0 rings (SSSR count). The van der Waals surface area contributed by atoms with Crippen molar-refractivity contribution >= 4 is 20.2 Å². The molecule has 0 bridgehead atoms. The Kier molecular flexibility index (Phi) is 15.8. The van der Waals surface area contributed by atoms with Crippen LogP contribution in [-0.4, -0.2) is 13.3 Å². The maximum atomic E-state index is 9.11. The van der Waals surface area contributed by atoms with Crippen LogP contribution >= 0.6 is 0 Å². The van der Waals surface area contributed by atoms with Gasteiger partial charge in [-0.1, -0.05) is 0 Å². The Morgan fingerprint density at radius 2 is 1.43 bits per heavy atom. The van der Waals surface area contributed by atoms with Gasteiger partial charge in [0.15, 0.2) is 0 Å². The van der Waals surface area contributed by atoms with Crippen LogP contribution in [0.5, 0.6) is 0 Å². The molecule has 0 aliphatic rings. The second-order valence-electron chi connectivity index (χ2n) is 0.448. The molecule has 0 aliphatic heterocycles. The van der Waals surface area contributed by atoms with E-state index < -0.39 is 9.05 Å². The van der Waals surface area contributed by atoms with Gasteiger partial charge in [0, 0.05) is 11.2 Å². The summed E-state index contributed by atoms with van der Waals surface area (Å²) in [5.74, 6) is 0. The first-order chi connectivity index (χ1) is 2.00. The van der Waals surface area contributed by atoms with Crippen molar-refractivity contribution in [3.05, 3.63) is 0 Å². The predicted octanol–water partition coefficient (Wildman–Crippen LogP) is -6.31. The van der Waals surface area contributed by atoms with Crippen LogP contribution in [0.3, 0.4) is 0 Å². The summed E-state index contributed by atoms with van der Waals surface area (Å²) < 4.78 is 24.0. The second kappa shape index (κ2) is 6.77. The van der Waals surface area contributed by atoms with Gasteiger partial charge in [-0.25, -0.2) is 0 Å². The van der Waals surface area contributed by atoms with Crippen LogP contribution < -0.4 is 75.4 Å². The average Bonchev–Trinajstić information content (AvgIpc) is 0.722. The van der Waals surface area contributed by atoms with Crippen molar-refractivity contribution < 1.29 is 88.7 Å². The van der Waals surface area contributed by atoms with Crippen molar-refractivity contribution in [1.29, 1.82) is 0 Å². The van der Waals surface area contributed by atoms with Crippen LogP contribution in [-0.2, 0) is 20.2 Å². The molecule has 0 saturated carbocycles. The van der Waals surface area contributed by atoms with Gasteiger partial charge >= 0.3 is 51.4 Å². The number of halogens is 1. The van der Waals surface area contributed by atoms with E-state index in [4.69, 9.17) is 13.3 Å². The Morgan fingerprint density at radius 1 is 1.43 bits per heavy atom. The van der Waals surface area contributed by atoms with Crippen LogP contribution in [0.4, 0.5) is 0 Å². The van der Waals surface area contributed by atoms with E-state index in [2.05, 4.69) is 11.2 Å². The molecule has 0 atom stereocenters. The van der Waals surface area contributed by atoms with E-state index in [1.807, 2.05) is 0 Å². The second-order valence-corrected chi connectivity index (χ2v) is 2.65. The van der Waals surface area contributed by atoms with Crippen LogP contribution in [0.25, 0.3) is 0 Å². The topological polar surface area (TPSA) is 57.5 Å². The third-order valence-electron chi connectivity index (χ3n) is 0. The van der Waals surface area contributed by atoms with Crippen molar-refractivity contribution in [3.63, 3.8) is 0 Å². The third kappa shape index (κ3) is 54.4. The number of hydrogen-bond acceptors (Lipinski definition) is 2. The summed E-state index contributed by atoms with van der Waals surface area (Å²) in [6.45, 7) is 0. The van der Waals surface area contributed by atoms with Gasteiger partial charge in [-0.05, 0) is 0 Å². The minimum absolute atomic E-state index is 0. The Bertz CT molecular complexity index is 96.1. The normalized spacial score (nSPS) is 8.29. The first-order valence-electron chi connectivity index (χ1n) is 0.698. The van der Waals surface area contributed by atoms with E-state index >= 15 is 0 Å². The molecule has 0 radical (unpaired) electrons. The summed E-state index contributed by atoms with van der Waals surface area (Å²) in [6, 6.07) is 0. The van der Waals surface area contributed by atoms with Gasteiger partial charge in [-0.2, -0.15) is 4.21 Å². The molecule has 7 heavy (non-hydrogen) atoms. The molecule has 0 amide bonds. The summed E-state index contributed by atoms with van der Waals surface area (Å²) in [6.07, 6.45) is 0. The summed E-state index contributed by atoms with van der Waals surface area (Å²) >= 11 is 3.47. The summed E-state index contributed by atoms with van der Waals surface area (Å²) in [4.78, 5) is 0. The van der Waals surface area contributed by atoms with Gasteiger partial charge in [0.05, 0.1) is 0 Å². The molecular weight excluding hydrogens is 278 g/mol. The SMILES string of the molecule is O=S(O)(O)=S.[I-].[K+]. The van der Waals surface area contributed by atoms with E-state index in [0.29, 0.717) is 0 Å². The molecule has 0 unspecified atom stereocenters. The molecule has 0 heterocycles. The molecule has 0 aromatic heterocycles. The smallest absolute Gasteiger partial charge is 1.00 e. The number of rotatable bonds is 0. The maximum absolute atomic E-state index is 9.11. The Balaban J connectivity index is -0.0000000800. The van der Waals surface area contributed by atoms with E-state index in [0.717, 1.165) is 0 Å². The number of hydrogen-bond donors (Lipinski definition) is 2. The first kappa shape index (κ1) is 16.3. The minimum atomic E-state index is -3.83. The van der Waals surface area contributed by atoms with E-state index in [-0.39, 0.29) is 75.4 Å². The van der Waals surface area contributed by atoms with E-state index in [1.54, 1.807) is 0 Å². The molecule has 3 nitrogen and oxygen atoms in total. The molecule has 0 aliphatic carbocycles. The molecule has 2 N–H and O–H groups in total. The van der Waals surface area contributed by atoms with Gasteiger partial charge in [-0.15, -0.1) is 0 Å². The van der Waals surface area contributed by atoms with Gasteiger partial charge in [-0.3, -0.25) is 9.11 Å². The van der Waals surface area contributed by atoms with Crippen molar-refractivity contribution in [2.24, 2.45) is 0 Å². The van der Waals surface area contributed by atoms with Crippen LogP contribution in [0.2, 0.25) is 0 Å². The van der Waals surface area contributed by atoms with E-state index in [9.17, 15) is 0 Å². The zero-order chi connectivity index (χ0) is 4.50.